The molecule has 2 rings (SSSR count). The van der Waals surface area contributed by atoms with Crippen molar-refractivity contribution in [1.29, 1.82) is 0 Å². The molecule has 5 heteroatoms. The van der Waals surface area contributed by atoms with Crippen molar-refractivity contribution in [1.82, 2.24) is 9.55 Å². The van der Waals surface area contributed by atoms with Crippen LogP contribution in [-0.2, 0) is 39.3 Å². The third-order valence-corrected chi connectivity index (χ3v) is 2.23. The summed E-state index contributed by atoms with van der Waals surface area (Å²) in [6, 6.07) is 7.72. The fourth-order valence-corrected chi connectivity index (χ4v) is 1.36. The molecule has 0 bridgehead atoms. The Labute approximate surface area is 124 Å². The molecule has 1 radical (unpaired) electrons. The second-order valence-electron chi connectivity index (χ2n) is 3.49. The third-order valence-electron chi connectivity index (χ3n) is 2.23. The van der Waals surface area contributed by atoms with Gasteiger partial charge in [-0.05, 0) is 11.6 Å². The van der Waals surface area contributed by atoms with E-state index in [-0.39, 0.29) is 44.9 Å². The summed E-state index contributed by atoms with van der Waals surface area (Å²) in [6.07, 6.45) is 3.25. The standard InChI is InChI=1S/C12H11N2O2.Y/c1-9-2-3-11(13-7-9)14-5-4-10(8-15)6-12(14)16;/h3-7,15H,8H2,1H3;/q-1;. The van der Waals surface area contributed by atoms with Gasteiger partial charge in [-0.3, -0.25) is 4.79 Å². The largest absolute Gasteiger partial charge is 0.392 e. The van der Waals surface area contributed by atoms with Gasteiger partial charge in [-0.1, -0.05) is 13.1 Å². The van der Waals surface area contributed by atoms with Crippen LogP contribution in [0.2, 0.25) is 0 Å². The minimum Gasteiger partial charge on any atom is -0.392 e. The predicted molar refractivity (Wildman–Crippen MR) is 59.3 cm³/mol. The molecule has 85 valence electrons. The van der Waals surface area contributed by atoms with Crippen molar-refractivity contribution in [3.8, 4) is 5.82 Å². The quantitative estimate of drug-likeness (QED) is 0.836. The maximum Gasteiger partial charge on any atom is 0.245 e. The third kappa shape index (κ3) is 3.31. The first-order valence-electron chi connectivity index (χ1n) is 4.88. The van der Waals surface area contributed by atoms with E-state index >= 15 is 0 Å². The first-order chi connectivity index (χ1) is 7.70. The van der Waals surface area contributed by atoms with Crippen molar-refractivity contribution in [2.75, 3.05) is 0 Å². The van der Waals surface area contributed by atoms with E-state index in [0.717, 1.165) is 5.56 Å². The zero-order valence-corrected chi connectivity index (χ0v) is 12.3. The molecule has 0 saturated carbocycles. The van der Waals surface area contributed by atoms with E-state index in [1.54, 1.807) is 24.5 Å². The number of rotatable bonds is 2. The molecule has 0 fully saturated rings. The van der Waals surface area contributed by atoms with Crippen LogP contribution in [0.3, 0.4) is 0 Å². The van der Waals surface area contributed by atoms with Gasteiger partial charge in [0.05, 0.1) is 6.61 Å². The van der Waals surface area contributed by atoms with E-state index in [2.05, 4.69) is 11.1 Å². The minimum atomic E-state index is -0.212. The summed E-state index contributed by atoms with van der Waals surface area (Å²) in [5.41, 5.74) is 1.30. The van der Waals surface area contributed by atoms with Gasteiger partial charge in [0, 0.05) is 50.8 Å². The van der Waals surface area contributed by atoms with Crippen LogP contribution < -0.4 is 5.56 Å². The van der Waals surface area contributed by atoms with Gasteiger partial charge in [0.1, 0.15) is 0 Å². The van der Waals surface area contributed by atoms with Crippen LogP contribution in [-0.4, -0.2) is 14.7 Å². The average molecular weight is 304 g/mol. The summed E-state index contributed by atoms with van der Waals surface area (Å²) in [5, 5.41) is 8.89. The number of aromatic nitrogens is 2. The number of hydrogen-bond donors (Lipinski definition) is 1. The summed E-state index contributed by atoms with van der Waals surface area (Å²) < 4.78 is 1.41. The van der Waals surface area contributed by atoms with Gasteiger partial charge in [0.2, 0.25) is 5.56 Å². The molecule has 1 N–H and O–H groups in total. The Morgan fingerprint density at radius 1 is 1.53 bits per heavy atom. The molecular weight excluding hydrogens is 293 g/mol. The number of aliphatic hydroxyl groups excluding tert-OH is 1. The second-order valence-corrected chi connectivity index (χ2v) is 3.49. The molecule has 0 aliphatic carbocycles. The van der Waals surface area contributed by atoms with Crippen LogP contribution >= 0.6 is 0 Å². The molecule has 2 aromatic heterocycles. The Morgan fingerprint density at radius 2 is 2.29 bits per heavy atom. The zero-order valence-electron chi connectivity index (χ0n) is 9.42. The number of aliphatic hydroxyl groups is 1. The van der Waals surface area contributed by atoms with E-state index < -0.39 is 0 Å². The van der Waals surface area contributed by atoms with E-state index in [1.165, 1.54) is 10.6 Å². The first kappa shape index (κ1) is 14.2. The Balaban J connectivity index is 0.00000144. The fourth-order valence-electron chi connectivity index (χ4n) is 1.36. The van der Waals surface area contributed by atoms with E-state index in [1.807, 2.05) is 6.92 Å². The summed E-state index contributed by atoms with van der Waals surface area (Å²) in [7, 11) is 0. The molecule has 0 aromatic carbocycles. The molecule has 0 atom stereocenters. The molecule has 0 aliphatic rings. The Morgan fingerprint density at radius 3 is 2.82 bits per heavy atom. The van der Waals surface area contributed by atoms with Crippen LogP contribution in [0, 0.1) is 13.0 Å². The van der Waals surface area contributed by atoms with Gasteiger partial charge in [-0.25, -0.2) is 0 Å². The van der Waals surface area contributed by atoms with E-state index in [0.29, 0.717) is 11.4 Å². The predicted octanol–water partition coefficient (Wildman–Crippen LogP) is 0.831. The van der Waals surface area contributed by atoms with Gasteiger partial charge in [-0.2, -0.15) is 6.07 Å². The molecule has 2 aromatic rings. The van der Waals surface area contributed by atoms with Crippen LogP contribution in [0.1, 0.15) is 11.1 Å². The molecule has 0 saturated heterocycles. The average Bonchev–Trinajstić information content (AvgIpc) is 2.30. The van der Waals surface area contributed by atoms with Gasteiger partial charge >= 0.3 is 0 Å². The topological polar surface area (TPSA) is 55.1 Å². The zero-order chi connectivity index (χ0) is 11.5. The monoisotopic (exact) mass is 304 g/mol. The van der Waals surface area contributed by atoms with Crippen molar-refractivity contribution in [2.24, 2.45) is 0 Å². The molecule has 0 amide bonds. The van der Waals surface area contributed by atoms with Crippen molar-refractivity contribution in [3.05, 3.63) is 58.1 Å². The first-order valence-corrected chi connectivity index (χ1v) is 4.88. The van der Waals surface area contributed by atoms with Crippen molar-refractivity contribution in [2.45, 2.75) is 13.5 Å². The van der Waals surface area contributed by atoms with Crippen LogP contribution in [0.25, 0.3) is 5.82 Å². The number of aryl methyl sites for hydroxylation is 1. The SMILES string of the molecule is Cc1[c-]cc(-n2ccc(CO)cc2=O)nc1.[Y]. The van der Waals surface area contributed by atoms with Crippen LogP contribution in [0.15, 0.2) is 35.4 Å². The normalized spacial score (nSPS) is 9.76. The smallest absolute Gasteiger partial charge is 0.245 e. The summed E-state index contributed by atoms with van der Waals surface area (Å²) in [5.74, 6) is 0.528. The minimum absolute atomic E-state index is 0. The van der Waals surface area contributed by atoms with Crippen molar-refractivity contribution >= 4 is 0 Å². The summed E-state index contributed by atoms with van der Waals surface area (Å²) >= 11 is 0. The number of hydrogen-bond acceptors (Lipinski definition) is 3. The molecule has 0 unspecified atom stereocenters. The summed E-state index contributed by atoms with van der Waals surface area (Å²) in [6.45, 7) is 1.75. The van der Waals surface area contributed by atoms with Crippen LogP contribution in [0.4, 0.5) is 0 Å². The molecule has 17 heavy (non-hydrogen) atoms. The molecule has 4 nitrogen and oxygen atoms in total. The van der Waals surface area contributed by atoms with Gasteiger partial charge in [-0.15, -0.1) is 11.6 Å². The van der Waals surface area contributed by atoms with Gasteiger partial charge < -0.3 is 14.7 Å². The van der Waals surface area contributed by atoms with Gasteiger partial charge in [0.15, 0.2) is 0 Å². The molecule has 2 heterocycles. The molecular formula is C12H11N2O2Y-. The summed E-state index contributed by atoms with van der Waals surface area (Å²) in [4.78, 5) is 15.8. The maximum absolute atomic E-state index is 11.7. The second kappa shape index (κ2) is 6.19. The Kier molecular flexibility index (Phi) is 5.18. The van der Waals surface area contributed by atoms with Crippen molar-refractivity contribution < 1.29 is 37.8 Å². The molecule has 0 spiro atoms. The number of nitrogens with zero attached hydrogens (tertiary/aromatic N) is 2. The van der Waals surface area contributed by atoms with Gasteiger partial charge in [0.25, 0.3) is 0 Å². The Hall–Kier alpha value is -0.836. The van der Waals surface area contributed by atoms with Crippen molar-refractivity contribution in [3.63, 3.8) is 0 Å². The Bertz CT molecular complexity index is 549. The van der Waals surface area contributed by atoms with E-state index in [9.17, 15) is 4.79 Å². The fraction of sp³-hybridized carbons (Fsp3) is 0.167. The number of pyridine rings is 2. The maximum atomic E-state index is 11.7. The van der Waals surface area contributed by atoms with E-state index in [4.69, 9.17) is 5.11 Å². The molecule has 0 aliphatic heterocycles. The van der Waals surface area contributed by atoms with Crippen LogP contribution in [0.5, 0.6) is 0 Å².